The molecule has 102 valence electrons. The molecular formula is C13H27NO3. The molecule has 0 amide bonds. The summed E-state index contributed by atoms with van der Waals surface area (Å²) in [6.45, 7) is 10.7. The molecule has 0 fully saturated rings. The molecule has 0 aromatic heterocycles. The van der Waals surface area contributed by atoms with E-state index in [4.69, 9.17) is 15.2 Å². The second-order valence-corrected chi connectivity index (χ2v) is 5.20. The topological polar surface area (TPSA) is 61.5 Å². The predicted octanol–water partition coefficient (Wildman–Crippen LogP) is 2.11. The van der Waals surface area contributed by atoms with Crippen molar-refractivity contribution in [2.24, 2.45) is 11.7 Å². The molecule has 0 aliphatic carbocycles. The fourth-order valence-corrected chi connectivity index (χ4v) is 1.60. The van der Waals surface area contributed by atoms with Gasteiger partial charge >= 0.3 is 5.97 Å². The molecule has 0 spiro atoms. The lowest BCUT2D eigenvalue weighted by Gasteiger charge is -2.23. The summed E-state index contributed by atoms with van der Waals surface area (Å²) < 4.78 is 10.5. The van der Waals surface area contributed by atoms with Crippen LogP contribution in [0.15, 0.2) is 0 Å². The number of hydrogen-bond acceptors (Lipinski definition) is 4. The molecule has 0 rings (SSSR count). The van der Waals surface area contributed by atoms with Crippen LogP contribution < -0.4 is 5.73 Å². The van der Waals surface area contributed by atoms with Crippen LogP contribution in [0.3, 0.4) is 0 Å². The molecule has 4 nitrogen and oxygen atoms in total. The highest BCUT2D eigenvalue weighted by Gasteiger charge is 2.29. The molecule has 0 aliphatic rings. The van der Waals surface area contributed by atoms with Crippen molar-refractivity contribution in [2.75, 3.05) is 13.2 Å². The van der Waals surface area contributed by atoms with E-state index < -0.39 is 5.54 Å². The van der Waals surface area contributed by atoms with Gasteiger partial charge in [-0.2, -0.15) is 0 Å². The first-order valence-corrected chi connectivity index (χ1v) is 6.37. The van der Waals surface area contributed by atoms with Crippen molar-refractivity contribution in [1.29, 1.82) is 0 Å². The summed E-state index contributed by atoms with van der Waals surface area (Å²) in [5.74, 6) is 0.249. The Balaban J connectivity index is 3.90. The van der Waals surface area contributed by atoms with Gasteiger partial charge in [-0.15, -0.1) is 0 Å². The highest BCUT2D eigenvalue weighted by molar-refractivity contribution is 5.79. The molecular weight excluding hydrogens is 218 g/mol. The van der Waals surface area contributed by atoms with E-state index in [0.717, 1.165) is 6.42 Å². The Hall–Kier alpha value is -0.610. The van der Waals surface area contributed by atoms with E-state index in [0.29, 0.717) is 25.6 Å². The number of rotatable bonds is 8. The van der Waals surface area contributed by atoms with Crippen LogP contribution in [0.25, 0.3) is 0 Å². The van der Waals surface area contributed by atoms with E-state index in [9.17, 15) is 4.79 Å². The summed E-state index contributed by atoms with van der Waals surface area (Å²) >= 11 is 0. The molecule has 17 heavy (non-hydrogen) atoms. The second-order valence-electron chi connectivity index (χ2n) is 5.20. The van der Waals surface area contributed by atoms with Gasteiger partial charge in [-0.05, 0) is 39.5 Å². The summed E-state index contributed by atoms with van der Waals surface area (Å²) in [5, 5.41) is 0. The van der Waals surface area contributed by atoms with Gasteiger partial charge in [0, 0.05) is 6.61 Å². The van der Waals surface area contributed by atoms with Crippen LogP contribution in [0.2, 0.25) is 0 Å². The van der Waals surface area contributed by atoms with Crippen molar-refractivity contribution in [1.82, 2.24) is 0 Å². The van der Waals surface area contributed by atoms with E-state index >= 15 is 0 Å². The van der Waals surface area contributed by atoms with Crippen molar-refractivity contribution in [3.05, 3.63) is 0 Å². The Morgan fingerprint density at radius 2 is 1.94 bits per heavy atom. The summed E-state index contributed by atoms with van der Waals surface area (Å²) in [6.07, 6.45) is 1.70. The summed E-state index contributed by atoms with van der Waals surface area (Å²) in [4.78, 5) is 11.5. The predicted molar refractivity (Wildman–Crippen MR) is 68.7 cm³/mol. The van der Waals surface area contributed by atoms with Gasteiger partial charge in [0.15, 0.2) is 0 Å². The maximum absolute atomic E-state index is 11.5. The quantitative estimate of drug-likeness (QED) is 0.665. The summed E-state index contributed by atoms with van der Waals surface area (Å²) in [5.41, 5.74) is 4.93. The minimum absolute atomic E-state index is 0.202. The average molecular weight is 245 g/mol. The number of carbonyl (C=O) groups is 1. The zero-order valence-electron chi connectivity index (χ0n) is 11.8. The molecule has 0 aromatic carbocycles. The van der Waals surface area contributed by atoms with Crippen LogP contribution in [-0.2, 0) is 14.3 Å². The number of esters is 1. The zero-order valence-corrected chi connectivity index (χ0v) is 11.8. The van der Waals surface area contributed by atoms with Crippen molar-refractivity contribution in [3.63, 3.8) is 0 Å². The van der Waals surface area contributed by atoms with Crippen LogP contribution in [0, 0.1) is 5.92 Å². The first-order chi connectivity index (χ1) is 7.79. The monoisotopic (exact) mass is 245 g/mol. The molecule has 0 bridgehead atoms. The van der Waals surface area contributed by atoms with Crippen molar-refractivity contribution >= 4 is 5.97 Å². The van der Waals surface area contributed by atoms with E-state index in [1.807, 2.05) is 6.92 Å². The molecule has 2 N–H and O–H groups in total. The fraction of sp³-hybridized carbons (Fsp3) is 0.923. The molecule has 2 atom stereocenters. The molecule has 4 heteroatoms. The molecule has 0 saturated carbocycles. The third kappa shape index (κ3) is 7.34. The number of carbonyl (C=O) groups excluding carboxylic acids is 1. The fourth-order valence-electron chi connectivity index (χ4n) is 1.60. The van der Waals surface area contributed by atoms with Gasteiger partial charge < -0.3 is 15.2 Å². The van der Waals surface area contributed by atoms with E-state index in [1.54, 1.807) is 13.8 Å². The molecule has 2 unspecified atom stereocenters. The average Bonchev–Trinajstić information content (AvgIpc) is 2.16. The molecule has 0 saturated heterocycles. The van der Waals surface area contributed by atoms with Gasteiger partial charge in [0.25, 0.3) is 0 Å². The Labute approximate surface area is 105 Å². The SMILES string of the molecule is CCOC(=O)C(C)(N)CCOC(C)CC(C)C. The lowest BCUT2D eigenvalue weighted by Crippen LogP contribution is -2.47. The van der Waals surface area contributed by atoms with Crippen LogP contribution in [-0.4, -0.2) is 30.8 Å². The van der Waals surface area contributed by atoms with Crippen molar-refractivity contribution < 1.29 is 14.3 Å². The van der Waals surface area contributed by atoms with E-state index in [2.05, 4.69) is 13.8 Å². The normalized spacial score (nSPS) is 16.6. The second kappa shape index (κ2) is 7.67. The Bertz CT molecular complexity index is 227. The lowest BCUT2D eigenvalue weighted by atomic mass is 10.0. The van der Waals surface area contributed by atoms with Gasteiger partial charge in [0.05, 0.1) is 12.7 Å². The zero-order chi connectivity index (χ0) is 13.5. The third-order valence-electron chi connectivity index (χ3n) is 2.57. The smallest absolute Gasteiger partial charge is 0.325 e. The van der Waals surface area contributed by atoms with Gasteiger partial charge in [-0.25, -0.2) is 0 Å². The maximum Gasteiger partial charge on any atom is 0.325 e. The lowest BCUT2D eigenvalue weighted by molar-refractivity contribution is -0.149. The van der Waals surface area contributed by atoms with E-state index in [1.165, 1.54) is 0 Å². The minimum Gasteiger partial charge on any atom is -0.465 e. The van der Waals surface area contributed by atoms with Crippen LogP contribution in [0.1, 0.15) is 47.5 Å². The van der Waals surface area contributed by atoms with Gasteiger partial charge in [0.2, 0.25) is 0 Å². The Kier molecular flexibility index (Phi) is 7.39. The standard InChI is InChI=1S/C13H27NO3/c1-6-16-12(15)13(5,14)7-8-17-11(4)9-10(2)3/h10-11H,6-9,14H2,1-5H3. The van der Waals surface area contributed by atoms with E-state index in [-0.39, 0.29) is 12.1 Å². The van der Waals surface area contributed by atoms with Crippen LogP contribution in [0.4, 0.5) is 0 Å². The largest absolute Gasteiger partial charge is 0.465 e. The Morgan fingerprint density at radius 3 is 2.41 bits per heavy atom. The number of nitrogens with two attached hydrogens (primary N) is 1. The number of ether oxygens (including phenoxy) is 2. The number of hydrogen-bond donors (Lipinski definition) is 1. The highest BCUT2D eigenvalue weighted by atomic mass is 16.5. The molecule has 0 radical (unpaired) electrons. The summed E-state index contributed by atoms with van der Waals surface area (Å²) in [7, 11) is 0. The van der Waals surface area contributed by atoms with Crippen molar-refractivity contribution in [2.45, 2.75) is 59.1 Å². The molecule has 0 aromatic rings. The highest BCUT2D eigenvalue weighted by Crippen LogP contribution is 2.12. The van der Waals surface area contributed by atoms with Gasteiger partial charge in [-0.1, -0.05) is 13.8 Å². The molecule has 0 aliphatic heterocycles. The maximum atomic E-state index is 11.5. The van der Waals surface area contributed by atoms with Crippen LogP contribution >= 0.6 is 0 Å². The Morgan fingerprint density at radius 1 is 1.35 bits per heavy atom. The first kappa shape index (κ1) is 16.4. The van der Waals surface area contributed by atoms with Crippen molar-refractivity contribution in [3.8, 4) is 0 Å². The van der Waals surface area contributed by atoms with Gasteiger partial charge in [0.1, 0.15) is 5.54 Å². The summed E-state index contributed by atoms with van der Waals surface area (Å²) in [6, 6.07) is 0. The third-order valence-corrected chi connectivity index (χ3v) is 2.57. The minimum atomic E-state index is -0.951. The van der Waals surface area contributed by atoms with Gasteiger partial charge in [-0.3, -0.25) is 4.79 Å². The first-order valence-electron chi connectivity index (χ1n) is 6.37. The van der Waals surface area contributed by atoms with Crippen LogP contribution in [0.5, 0.6) is 0 Å². The molecule has 0 heterocycles.